The van der Waals surface area contributed by atoms with Crippen LogP contribution in [0.25, 0.3) is 0 Å². The maximum atomic E-state index is 12.9. The number of benzene rings is 2. The predicted octanol–water partition coefficient (Wildman–Crippen LogP) is 3.19. The summed E-state index contributed by atoms with van der Waals surface area (Å²) in [6.07, 6.45) is 1.18. The number of ether oxygens (including phenoxy) is 2. The third kappa shape index (κ3) is 4.90. The van der Waals surface area contributed by atoms with Gasteiger partial charge in [0.1, 0.15) is 12.3 Å². The Balaban J connectivity index is 1.85. The van der Waals surface area contributed by atoms with Crippen molar-refractivity contribution in [3.05, 3.63) is 59.3 Å². The molecule has 1 heterocycles. The summed E-state index contributed by atoms with van der Waals surface area (Å²) in [5.41, 5.74) is 1.86. The predicted molar refractivity (Wildman–Crippen MR) is 114 cm³/mol. The van der Waals surface area contributed by atoms with E-state index in [1.165, 1.54) is 25.2 Å². The molecule has 0 saturated carbocycles. The average molecular weight is 430 g/mol. The van der Waals surface area contributed by atoms with Crippen molar-refractivity contribution < 1.29 is 23.9 Å². The first-order valence-corrected chi connectivity index (χ1v) is 9.37. The van der Waals surface area contributed by atoms with Crippen molar-refractivity contribution in [2.75, 3.05) is 36.3 Å². The largest absolute Gasteiger partial charge is 0.495 e. The van der Waals surface area contributed by atoms with E-state index in [4.69, 9.17) is 16.3 Å². The normalized spacial score (nSPS) is 12.8. The summed E-state index contributed by atoms with van der Waals surface area (Å²) in [5.74, 6) is -0.932. The lowest BCUT2D eigenvalue weighted by atomic mass is 10.2. The smallest absolute Gasteiger partial charge is 0.311 e. The van der Waals surface area contributed by atoms with Crippen molar-refractivity contribution in [1.29, 1.82) is 0 Å². The molecule has 2 aromatic rings. The molecule has 0 spiro atoms. The van der Waals surface area contributed by atoms with Crippen LogP contribution < -0.4 is 20.3 Å². The zero-order chi connectivity index (χ0) is 21.7. The minimum atomic E-state index is -0.488. The molecule has 8 nitrogen and oxygen atoms in total. The molecule has 2 N–H and O–H groups in total. The minimum Gasteiger partial charge on any atom is -0.495 e. The number of carbonyl (C=O) groups excluding carboxylic acids is 3. The molecule has 156 valence electrons. The van der Waals surface area contributed by atoms with Crippen LogP contribution in [-0.4, -0.2) is 38.5 Å². The highest BCUT2D eigenvalue weighted by atomic mass is 35.5. The Labute approximate surface area is 178 Å². The van der Waals surface area contributed by atoms with Gasteiger partial charge in [-0.2, -0.15) is 0 Å². The summed E-state index contributed by atoms with van der Waals surface area (Å²) < 4.78 is 9.91. The number of para-hydroxylation sites is 2. The van der Waals surface area contributed by atoms with Gasteiger partial charge in [0.2, 0.25) is 5.91 Å². The van der Waals surface area contributed by atoms with E-state index in [-0.39, 0.29) is 13.0 Å². The number of esters is 1. The fourth-order valence-corrected chi connectivity index (χ4v) is 3.14. The molecule has 0 saturated heterocycles. The molecular formula is C21H20ClN3O5. The van der Waals surface area contributed by atoms with Crippen LogP contribution in [-0.2, 0) is 19.1 Å². The second kappa shape index (κ2) is 9.32. The number of nitrogens with zero attached hydrogens (tertiary/aromatic N) is 1. The van der Waals surface area contributed by atoms with Gasteiger partial charge >= 0.3 is 5.97 Å². The second-order valence-corrected chi connectivity index (χ2v) is 6.82. The Kier molecular flexibility index (Phi) is 6.58. The molecule has 0 aromatic heterocycles. The Morgan fingerprint density at radius 3 is 2.67 bits per heavy atom. The van der Waals surface area contributed by atoms with Gasteiger partial charge in [-0.3, -0.25) is 19.3 Å². The highest BCUT2D eigenvalue weighted by molar-refractivity contribution is 6.31. The van der Waals surface area contributed by atoms with Crippen molar-refractivity contribution in [3.8, 4) is 5.75 Å². The summed E-state index contributed by atoms with van der Waals surface area (Å²) >= 11 is 6.01. The summed E-state index contributed by atoms with van der Waals surface area (Å²) in [4.78, 5) is 38.5. The van der Waals surface area contributed by atoms with Crippen LogP contribution in [0.2, 0.25) is 5.02 Å². The molecular weight excluding hydrogens is 410 g/mol. The number of rotatable bonds is 6. The third-order valence-corrected chi connectivity index (χ3v) is 4.59. The zero-order valence-electron chi connectivity index (χ0n) is 16.4. The van der Waals surface area contributed by atoms with Crippen LogP contribution in [0.4, 0.5) is 17.1 Å². The number of nitrogens with one attached hydrogen (secondary N) is 2. The highest BCUT2D eigenvalue weighted by Crippen LogP contribution is 2.31. The first-order valence-electron chi connectivity index (χ1n) is 8.99. The molecule has 0 aliphatic carbocycles. The van der Waals surface area contributed by atoms with Crippen LogP contribution >= 0.6 is 11.6 Å². The van der Waals surface area contributed by atoms with Crippen molar-refractivity contribution >= 4 is 46.4 Å². The number of halogens is 1. The number of methoxy groups -OCH3 is 2. The van der Waals surface area contributed by atoms with E-state index in [0.29, 0.717) is 33.5 Å². The van der Waals surface area contributed by atoms with E-state index >= 15 is 0 Å². The second-order valence-electron chi connectivity index (χ2n) is 6.38. The van der Waals surface area contributed by atoms with E-state index in [0.717, 1.165) is 0 Å². The number of hydrogen-bond donors (Lipinski definition) is 2. The molecule has 0 radical (unpaired) electrons. The molecule has 1 aliphatic rings. The van der Waals surface area contributed by atoms with Crippen LogP contribution in [0.3, 0.4) is 0 Å². The number of amides is 2. The topological polar surface area (TPSA) is 97.0 Å². The third-order valence-electron chi connectivity index (χ3n) is 4.35. The lowest BCUT2D eigenvalue weighted by Crippen LogP contribution is -2.37. The van der Waals surface area contributed by atoms with E-state index in [9.17, 15) is 14.4 Å². The molecule has 0 atom stereocenters. The maximum absolute atomic E-state index is 12.9. The van der Waals surface area contributed by atoms with Gasteiger partial charge in [-0.1, -0.05) is 23.7 Å². The Morgan fingerprint density at radius 1 is 1.17 bits per heavy atom. The van der Waals surface area contributed by atoms with Crippen molar-refractivity contribution in [2.45, 2.75) is 6.42 Å². The van der Waals surface area contributed by atoms with Crippen LogP contribution in [0.1, 0.15) is 6.42 Å². The van der Waals surface area contributed by atoms with Crippen molar-refractivity contribution in [3.63, 3.8) is 0 Å². The number of fused-ring (bicyclic) bond motifs is 1. The van der Waals surface area contributed by atoms with Crippen molar-refractivity contribution in [1.82, 2.24) is 0 Å². The van der Waals surface area contributed by atoms with Gasteiger partial charge in [0.15, 0.2) is 0 Å². The summed E-state index contributed by atoms with van der Waals surface area (Å²) in [6.45, 7) is -0.255. The van der Waals surface area contributed by atoms with E-state index in [1.807, 2.05) is 0 Å². The van der Waals surface area contributed by atoms with E-state index in [2.05, 4.69) is 15.4 Å². The van der Waals surface area contributed by atoms with Crippen molar-refractivity contribution in [2.24, 2.45) is 0 Å². The first kappa shape index (κ1) is 21.2. The van der Waals surface area contributed by atoms with Crippen LogP contribution in [0.5, 0.6) is 5.75 Å². The molecule has 0 bridgehead atoms. The molecule has 2 amide bonds. The molecule has 9 heteroatoms. The maximum Gasteiger partial charge on any atom is 0.311 e. The monoisotopic (exact) mass is 429 g/mol. The molecule has 0 fully saturated rings. The molecule has 30 heavy (non-hydrogen) atoms. The molecule has 0 unspecified atom stereocenters. The fraction of sp³-hybridized carbons (Fsp3) is 0.190. The first-order chi connectivity index (χ1) is 14.4. The van der Waals surface area contributed by atoms with Gasteiger partial charge in [-0.25, -0.2) is 0 Å². The molecule has 3 rings (SSSR count). The lowest BCUT2D eigenvalue weighted by Gasteiger charge is -2.22. The van der Waals surface area contributed by atoms with Gasteiger partial charge in [0, 0.05) is 16.8 Å². The number of carbonyl (C=O) groups is 3. The van der Waals surface area contributed by atoms with E-state index < -0.39 is 17.8 Å². The highest BCUT2D eigenvalue weighted by Gasteiger charge is 2.25. The van der Waals surface area contributed by atoms with Gasteiger partial charge in [0.05, 0.1) is 37.7 Å². The Hall–Kier alpha value is -3.52. The van der Waals surface area contributed by atoms with Gasteiger partial charge < -0.3 is 20.1 Å². The fourth-order valence-electron chi connectivity index (χ4n) is 2.97. The number of anilines is 3. The summed E-state index contributed by atoms with van der Waals surface area (Å²) in [6, 6.07) is 11.8. The summed E-state index contributed by atoms with van der Waals surface area (Å²) in [5, 5.41) is 6.21. The van der Waals surface area contributed by atoms with Crippen LogP contribution in [0, 0.1) is 0 Å². The summed E-state index contributed by atoms with van der Waals surface area (Å²) in [7, 11) is 2.75. The van der Waals surface area contributed by atoms with Gasteiger partial charge in [0.25, 0.3) is 5.91 Å². The number of hydrogen-bond acceptors (Lipinski definition) is 6. The minimum absolute atomic E-state index is 0.101. The van der Waals surface area contributed by atoms with Gasteiger partial charge in [-0.05, 0) is 30.3 Å². The molecule has 2 aromatic carbocycles. The average Bonchev–Trinajstić information content (AvgIpc) is 2.84. The Morgan fingerprint density at radius 2 is 1.93 bits per heavy atom. The zero-order valence-corrected chi connectivity index (χ0v) is 17.2. The molecule has 1 aliphatic heterocycles. The van der Waals surface area contributed by atoms with Crippen LogP contribution in [0.15, 0.2) is 54.2 Å². The van der Waals surface area contributed by atoms with E-state index in [1.54, 1.807) is 42.5 Å². The Bertz CT molecular complexity index is 1020. The van der Waals surface area contributed by atoms with Gasteiger partial charge in [-0.15, -0.1) is 0 Å². The lowest BCUT2D eigenvalue weighted by molar-refractivity contribution is -0.139. The quantitative estimate of drug-likeness (QED) is 0.684. The standard InChI is InChI=1S/C21H20ClN3O5/c1-29-18-8-7-13(22)9-16(18)24-19(26)12-25-17-6-4-3-5-15(17)23-14(10-20(25)27)11-21(28)30-2/h3-10,23H,11-12H2,1-2H3,(H,24,26). The SMILES string of the molecule is COC(=O)CC1=CC(=O)N(CC(=O)Nc2cc(Cl)ccc2OC)c2ccccc2N1.